The third-order valence-corrected chi connectivity index (χ3v) is 13.8. The molecular weight excluding hydrogens is 721 g/mol. The molecule has 0 amide bonds. The molecule has 0 N–H and O–H groups in total. The molecule has 0 spiro atoms. The van der Waals surface area contributed by atoms with Gasteiger partial charge >= 0.3 is 5.97 Å². The summed E-state index contributed by atoms with van der Waals surface area (Å²) in [5.41, 5.74) is 0. The average molecular weight is 793 g/mol. The molecule has 2 rings (SSSR count). The van der Waals surface area contributed by atoms with E-state index >= 15 is 0 Å². The molecule has 0 saturated heterocycles. The zero-order valence-electron chi connectivity index (χ0n) is 34.4. The fourth-order valence-corrected chi connectivity index (χ4v) is 10.5. The molecule has 0 atom stereocenters. The Morgan fingerprint density at radius 3 is 1.15 bits per heavy atom. The first-order valence-electron chi connectivity index (χ1n) is 20.4. The Morgan fingerprint density at radius 1 is 0.455 bits per heavy atom. The summed E-state index contributed by atoms with van der Waals surface area (Å²) in [6.45, 7) is 17.6. The van der Waals surface area contributed by atoms with Gasteiger partial charge in [-0.2, -0.15) is 0 Å². The molecule has 11 nitrogen and oxygen atoms in total. The molecule has 0 aromatic heterocycles. The monoisotopic (exact) mass is 792 g/mol. The molecule has 55 heavy (non-hydrogen) atoms. The van der Waals surface area contributed by atoms with E-state index in [1.807, 2.05) is 0 Å². The summed E-state index contributed by atoms with van der Waals surface area (Å²) in [6, 6.07) is 21.3. The summed E-state index contributed by atoms with van der Waals surface area (Å²) in [5.74, 6) is -0.143. The van der Waals surface area contributed by atoms with Crippen molar-refractivity contribution in [1.29, 1.82) is 0 Å². The van der Waals surface area contributed by atoms with E-state index in [1.165, 1.54) is 36.1 Å². The highest BCUT2D eigenvalue weighted by molar-refractivity contribution is 6.99. The highest BCUT2D eigenvalue weighted by Crippen LogP contribution is 2.36. The van der Waals surface area contributed by atoms with Crippen LogP contribution in [0.4, 0.5) is 0 Å². The molecule has 0 unspecified atom stereocenters. The molecule has 2 aromatic rings. The van der Waals surface area contributed by atoms with E-state index in [4.69, 9.17) is 47.1 Å². The number of rotatable bonds is 37. The number of esters is 1. The minimum absolute atomic E-state index is 0.0583. The Labute approximate surface area is 333 Å². The third-order valence-electron chi connectivity index (χ3n) is 8.79. The summed E-state index contributed by atoms with van der Waals surface area (Å²) in [6.07, 6.45) is 7.42. The minimum atomic E-state index is -2.54. The van der Waals surface area contributed by atoms with Crippen LogP contribution >= 0.6 is 0 Å². The van der Waals surface area contributed by atoms with Crippen molar-refractivity contribution < 1.29 is 51.9 Å². The van der Waals surface area contributed by atoms with Gasteiger partial charge in [-0.05, 0) is 21.8 Å². The van der Waals surface area contributed by atoms with Crippen molar-refractivity contribution in [1.82, 2.24) is 0 Å². The molecule has 0 bridgehead atoms. The maximum atomic E-state index is 11.7. The highest BCUT2D eigenvalue weighted by Gasteiger charge is 2.50. The fraction of sp³-hybridized carbons (Fsp3) is 0.698. The standard InChI is InChI=1S/C43H72O11Si/c1-5-6-7-8-9-16-21-42(44)53-38-36-51-34-32-49-30-28-47-26-24-45-22-23-46-25-27-48-29-31-50-33-35-52-37-39-54-55(43(2,3)4,40-17-12-10-13-18-40)41-19-14-11-15-20-41/h10-15,17-20H,5-9,16,21-39H2,1-4H3. The van der Waals surface area contributed by atoms with Crippen LogP contribution in [0, 0.1) is 0 Å². The van der Waals surface area contributed by atoms with Crippen molar-refractivity contribution in [2.75, 3.05) is 119 Å². The number of carbonyl (C=O) groups is 1. The van der Waals surface area contributed by atoms with Crippen LogP contribution < -0.4 is 10.4 Å². The van der Waals surface area contributed by atoms with Gasteiger partial charge in [0.15, 0.2) is 0 Å². The molecule has 0 aliphatic heterocycles. The quantitative estimate of drug-likeness (QED) is 0.0458. The molecule has 0 saturated carbocycles. The molecule has 0 fully saturated rings. The second-order valence-corrected chi connectivity index (χ2v) is 18.5. The molecule has 0 heterocycles. The Morgan fingerprint density at radius 2 is 0.782 bits per heavy atom. The molecule has 0 aliphatic carbocycles. The van der Waals surface area contributed by atoms with Crippen LogP contribution in [0.15, 0.2) is 60.7 Å². The van der Waals surface area contributed by atoms with Gasteiger partial charge in [0.2, 0.25) is 0 Å². The molecular formula is C43H72O11Si. The second-order valence-electron chi connectivity index (χ2n) is 14.1. The van der Waals surface area contributed by atoms with E-state index in [1.54, 1.807) is 0 Å². The van der Waals surface area contributed by atoms with Crippen molar-refractivity contribution >= 4 is 24.7 Å². The first-order valence-corrected chi connectivity index (χ1v) is 22.3. The topological polar surface area (TPSA) is 109 Å². The van der Waals surface area contributed by atoms with Crippen LogP contribution in [0.2, 0.25) is 5.04 Å². The highest BCUT2D eigenvalue weighted by atomic mass is 28.4. The predicted molar refractivity (Wildman–Crippen MR) is 219 cm³/mol. The summed E-state index contributed by atoms with van der Waals surface area (Å²) in [4.78, 5) is 11.7. The first-order chi connectivity index (χ1) is 26.9. The average Bonchev–Trinajstić information content (AvgIpc) is 3.19. The second kappa shape index (κ2) is 32.8. The zero-order chi connectivity index (χ0) is 39.6. The van der Waals surface area contributed by atoms with Crippen molar-refractivity contribution in [3.63, 3.8) is 0 Å². The number of ether oxygens (including phenoxy) is 9. The number of hydrogen-bond donors (Lipinski definition) is 0. The lowest BCUT2D eigenvalue weighted by Gasteiger charge is -2.43. The Kier molecular flexibility index (Phi) is 29.2. The van der Waals surface area contributed by atoms with Crippen molar-refractivity contribution in [3.05, 3.63) is 60.7 Å². The third kappa shape index (κ3) is 22.9. The van der Waals surface area contributed by atoms with Crippen molar-refractivity contribution in [2.24, 2.45) is 0 Å². The van der Waals surface area contributed by atoms with E-state index in [0.29, 0.717) is 119 Å². The molecule has 0 radical (unpaired) electrons. The maximum absolute atomic E-state index is 11.7. The SMILES string of the molecule is CCCCCCCCC(=O)OCCOCCOCCOCCOCCOCCOCCOCCOCCO[Si](c1ccccc1)(c1ccccc1)C(C)(C)C. The fourth-order valence-electron chi connectivity index (χ4n) is 5.99. The van der Waals surface area contributed by atoms with Gasteiger partial charge in [0.05, 0.1) is 112 Å². The number of hydrogen-bond acceptors (Lipinski definition) is 11. The normalized spacial score (nSPS) is 12.0. The van der Waals surface area contributed by atoms with E-state index < -0.39 is 8.32 Å². The van der Waals surface area contributed by atoms with Crippen molar-refractivity contribution in [2.45, 2.75) is 77.7 Å². The molecule has 0 aliphatic rings. The van der Waals surface area contributed by atoms with Crippen LogP contribution in [-0.2, 0) is 51.9 Å². The van der Waals surface area contributed by atoms with Gasteiger partial charge in [-0.1, -0.05) is 120 Å². The summed E-state index contributed by atoms with van der Waals surface area (Å²) >= 11 is 0. The first kappa shape index (κ1) is 48.9. The van der Waals surface area contributed by atoms with Crippen LogP contribution in [0.3, 0.4) is 0 Å². The number of unbranched alkanes of at least 4 members (excludes halogenated alkanes) is 5. The van der Waals surface area contributed by atoms with Gasteiger partial charge in [0, 0.05) is 6.42 Å². The van der Waals surface area contributed by atoms with Crippen LogP contribution in [-0.4, -0.2) is 133 Å². The maximum Gasteiger partial charge on any atom is 0.305 e. The van der Waals surface area contributed by atoms with Gasteiger partial charge in [-0.25, -0.2) is 0 Å². The summed E-state index contributed by atoms with van der Waals surface area (Å²) in [7, 11) is -2.54. The van der Waals surface area contributed by atoms with Gasteiger partial charge in [0.1, 0.15) is 6.61 Å². The smallest absolute Gasteiger partial charge is 0.305 e. The summed E-state index contributed by atoms with van der Waals surface area (Å²) in [5, 5.41) is 2.47. The number of benzene rings is 2. The van der Waals surface area contributed by atoms with E-state index in [0.717, 1.165) is 12.8 Å². The van der Waals surface area contributed by atoms with Crippen molar-refractivity contribution in [3.8, 4) is 0 Å². The van der Waals surface area contributed by atoms with Crippen LogP contribution in [0.1, 0.15) is 72.6 Å². The Bertz CT molecular complexity index is 1110. The van der Waals surface area contributed by atoms with E-state index in [-0.39, 0.29) is 17.6 Å². The predicted octanol–water partition coefficient (Wildman–Crippen LogP) is 5.99. The van der Waals surface area contributed by atoms with Gasteiger partial charge in [-0.15, -0.1) is 0 Å². The zero-order valence-corrected chi connectivity index (χ0v) is 35.4. The molecule has 2 aromatic carbocycles. The lowest BCUT2D eigenvalue weighted by atomic mass is 10.1. The minimum Gasteiger partial charge on any atom is -0.463 e. The largest absolute Gasteiger partial charge is 0.463 e. The van der Waals surface area contributed by atoms with Crippen LogP contribution in [0.5, 0.6) is 0 Å². The van der Waals surface area contributed by atoms with E-state index in [2.05, 4.69) is 88.4 Å². The van der Waals surface area contributed by atoms with Gasteiger partial charge in [-0.3, -0.25) is 4.79 Å². The number of carbonyl (C=O) groups excluding carboxylic acids is 1. The molecule has 12 heteroatoms. The molecule has 314 valence electrons. The lowest BCUT2D eigenvalue weighted by molar-refractivity contribution is -0.145. The Balaban J connectivity index is 1.31. The van der Waals surface area contributed by atoms with Gasteiger partial charge in [0.25, 0.3) is 8.32 Å². The Hall–Kier alpha value is -2.23. The summed E-state index contributed by atoms with van der Waals surface area (Å²) < 4.78 is 56.6. The lowest BCUT2D eigenvalue weighted by Crippen LogP contribution is -2.66. The van der Waals surface area contributed by atoms with Gasteiger partial charge < -0.3 is 47.1 Å². The van der Waals surface area contributed by atoms with Crippen LogP contribution in [0.25, 0.3) is 0 Å². The van der Waals surface area contributed by atoms with E-state index in [9.17, 15) is 4.79 Å².